The number of fused-ring (bicyclic) bond motifs is 1. The third-order valence-corrected chi connectivity index (χ3v) is 4.80. The second-order valence-electron chi connectivity index (χ2n) is 7.76. The van der Waals surface area contributed by atoms with E-state index >= 15 is 0 Å². The van der Waals surface area contributed by atoms with Crippen LogP contribution in [0, 0.1) is 0 Å². The van der Waals surface area contributed by atoms with E-state index in [0.717, 1.165) is 29.0 Å². The first-order valence-electron chi connectivity index (χ1n) is 9.75. The van der Waals surface area contributed by atoms with Gasteiger partial charge in [-0.2, -0.15) is 0 Å². The van der Waals surface area contributed by atoms with E-state index in [2.05, 4.69) is 25.7 Å². The van der Waals surface area contributed by atoms with Crippen molar-refractivity contribution in [2.45, 2.75) is 32.2 Å². The lowest BCUT2D eigenvalue weighted by molar-refractivity contribution is 0.100. The number of ether oxygens (including phenoxy) is 2. The molecule has 2 aromatic rings. The highest BCUT2D eigenvalue weighted by atomic mass is 16.5. The molecule has 0 saturated heterocycles. The average Bonchev–Trinajstić information content (AvgIpc) is 2.71. The van der Waals surface area contributed by atoms with Gasteiger partial charge >= 0.3 is 6.09 Å². The number of amides is 1. The lowest BCUT2D eigenvalue weighted by atomic mass is 9.85. The van der Waals surface area contributed by atoms with E-state index < -0.39 is 6.09 Å². The van der Waals surface area contributed by atoms with Crippen LogP contribution in [0.2, 0.25) is 0 Å². The number of methoxy groups -OCH3 is 1. The van der Waals surface area contributed by atoms with E-state index in [-0.39, 0.29) is 24.3 Å². The molecule has 0 radical (unpaired) electrons. The van der Waals surface area contributed by atoms with Gasteiger partial charge < -0.3 is 9.47 Å². The number of benzene rings is 2. The van der Waals surface area contributed by atoms with E-state index in [1.807, 2.05) is 18.2 Å². The number of carbonyl (C=O) groups excluding carboxylic acids is 2. The molecule has 0 spiro atoms. The summed E-state index contributed by atoms with van der Waals surface area (Å²) in [5, 5.41) is 2.60. The Labute approximate surface area is 176 Å². The lowest BCUT2D eigenvalue weighted by Crippen LogP contribution is -2.30. The third-order valence-electron chi connectivity index (χ3n) is 4.80. The zero-order valence-electron chi connectivity index (χ0n) is 17.5. The Morgan fingerprint density at radius 3 is 2.60 bits per heavy atom. The van der Waals surface area contributed by atoms with Crippen molar-refractivity contribution in [1.82, 2.24) is 0 Å². The maximum Gasteiger partial charge on any atom is 0.411 e. The fourth-order valence-electron chi connectivity index (χ4n) is 3.45. The van der Waals surface area contributed by atoms with Crippen LogP contribution in [0.3, 0.4) is 0 Å². The van der Waals surface area contributed by atoms with Crippen molar-refractivity contribution < 1.29 is 19.1 Å². The maximum atomic E-state index is 12.9. The summed E-state index contributed by atoms with van der Waals surface area (Å²) in [6.07, 6.45) is 1.92. The summed E-state index contributed by atoms with van der Waals surface area (Å²) < 4.78 is 10.2. The third kappa shape index (κ3) is 5.14. The number of nitrogens with one attached hydrogen (secondary N) is 1. The molecular formula is C24H26N2O4. The van der Waals surface area contributed by atoms with Crippen LogP contribution in [0.4, 0.5) is 10.5 Å². The number of nitrogens with zero attached hydrogens (tertiary/aromatic N) is 1. The van der Waals surface area contributed by atoms with Crippen LogP contribution < -0.4 is 10.1 Å². The molecule has 2 aromatic carbocycles. The number of hydrogen-bond acceptors (Lipinski definition) is 5. The minimum absolute atomic E-state index is 0.0407. The summed E-state index contributed by atoms with van der Waals surface area (Å²) in [5.41, 5.74) is 3.72. The molecule has 6 heteroatoms. The van der Waals surface area contributed by atoms with Crippen molar-refractivity contribution in [2.24, 2.45) is 4.99 Å². The van der Waals surface area contributed by atoms with Crippen molar-refractivity contribution in [2.75, 3.05) is 19.0 Å². The monoisotopic (exact) mass is 406 g/mol. The predicted molar refractivity (Wildman–Crippen MR) is 118 cm³/mol. The van der Waals surface area contributed by atoms with Crippen LogP contribution in [0.25, 0.3) is 0 Å². The Morgan fingerprint density at radius 1 is 1.20 bits per heavy atom. The summed E-state index contributed by atoms with van der Waals surface area (Å²) in [7, 11) is 1.62. The van der Waals surface area contributed by atoms with E-state index in [1.54, 1.807) is 31.4 Å². The van der Waals surface area contributed by atoms with Gasteiger partial charge in [0.1, 0.15) is 12.4 Å². The number of Topliss-reactive ketones (excluding diaryl/α,β-unsaturated/α-hetero) is 1. The lowest BCUT2D eigenvalue weighted by Gasteiger charge is -2.29. The first-order chi connectivity index (χ1) is 14.3. The molecule has 0 aromatic heterocycles. The second-order valence-corrected chi connectivity index (χ2v) is 7.76. The van der Waals surface area contributed by atoms with Crippen LogP contribution in [-0.4, -0.2) is 36.8 Å². The number of aliphatic imine (C=N–C) groups is 1. The number of ketones is 1. The Bertz CT molecular complexity index is 991. The molecule has 156 valence electrons. The van der Waals surface area contributed by atoms with Crippen molar-refractivity contribution in [3.05, 3.63) is 71.8 Å². The number of carbonyl (C=O) groups is 2. The fourth-order valence-corrected chi connectivity index (χ4v) is 3.45. The van der Waals surface area contributed by atoms with Gasteiger partial charge in [-0.05, 0) is 62.2 Å². The smallest absolute Gasteiger partial charge is 0.411 e. The summed E-state index contributed by atoms with van der Waals surface area (Å²) in [4.78, 5) is 29.4. The molecule has 0 atom stereocenters. The van der Waals surface area contributed by atoms with Gasteiger partial charge in [-0.25, -0.2) is 4.79 Å². The Balaban J connectivity index is 1.76. The molecule has 30 heavy (non-hydrogen) atoms. The quantitative estimate of drug-likeness (QED) is 0.528. The SMILES string of the molecule is C=CCOC(=O)Nc1ccc(C(=O)CC2=NC(C)(C)Cc3ccc(OC)cc32)cc1. The van der Waals surface area contributed by atoms with E-state index in [4.69, 9.17) is 14.5 Å². The molecule has 1 N–H and O–H groups in total. The normalized spacial score (nSPS) is 14.2. The predicted octanol–water partition coefficient (Wildman–Crippen LogP) is 4.83. The van der Waals surface area contributed by atoms with Gasteiger partial charge in [0.25, 0.3) is 0 Å². The molecule has 0 fully saturated rings. The van der Waals surface area contributed by atoms with Gasteiger partial charge in [0.15, 0.2) is 5.78 Å². The molecule has 0 unspecified atom stereocenters. The molecule has 1 aliphatic heterocycles. The van der Waals surface area contributed by atoms with Gasteiger partial charge in [0, 0.05) is 16.8 Å². The number of rotatable bonds is 7. The summed E-state index contributed by atoms with van der Waals surface area (Å²) in [6.45, 7) is 7.76. The number of hydrogen-bond donors (Lipinski definition) is 1. The van der Waals surface area contributed by atoms with Gasteiger partial charge in [-0.15, -0.1) is 0 Å². The van der Waals surface area contributed by atoms with Crippen molar-refractivity contribution in [1.29, 1.82) is 0 Å². The van der Waals surface area contributed by atoms with Crippen LogP contribution in [0.5, 0.6) is 5.75 Å². The van der Waals surface area contributed by atoms with Crippen molar-refractivity contribution in [3.8, 4) is 5.75 Å². The zero-order chi connectivity index (χ0) is 21.7. The topological polar surface area (TPSA) is 77.0 Å². The van der Waals surface area contributed by atoms with Gasteiger partial charge in [-0.1, -0.05) is 18.7 Å². The molecule has 0 saturated carbocycles. The van der Waals surface area contributed by atoms with Crippen LogP contribution in [0.15, 0.2) is 60.1 Å². The van der Waals surface area contributed by atoms with Gasteiger partial charge in [-0.3, -0.25) is 15.1 Å². The highest BCUT2D eigenvalue weighted by Crippen LogP contribution is 2.31. The minimum atomic E-state index is -0.571. The fraction of sp³-hybridized carbons (Fsp3) is 0.292. The van der Waals surface area contributed by atoms with Crippen LogP contribution >= 0.6 is 0 Å². The Kier molecular flexibility index (Phi) is 6.35. The molecule has 0 aliphatic carbocycles. The van der Waals surface area contributed by atoms with Gasteiger partial charge in [0.05, 0.1) is 24.8 Å². The van der Waals surface area contributed by atoms with E-state index in [1.165, 1.54) is 6.08 Å². The highest BCUT2D eigenvalue weighted by molar-refractivity contribution is 6.17. The molecule has 3 rings (SSSR count). The average molecular weight is 406 g/mol. The van der Waals surface area contributed by atoms with Gasteiger partial charge in [0.2, 0.25) is 0 Å². The molecular weight excluding hydrogens is 380 g/mol. The summed E-state index contributed by atoms with van der Waals surface area (Å²) in [5.74, 6) is 0.702. The van der Waals surface area contributed by atoms with Crippen LogP contribution in [0.1, 0.15) is 41.8 Å². The largest absolute Gasteiger partial charge is 0.497 e. The zero-order valence-corrected chi connectivity index (χ0v) is 17.5. The first-order valence-corrected chi connectivity index (χ1v) is 9.75. The molecule has 0 bridgehead atoms. The second kappa shape index (κ2) is 8.95. The molecule has 1 amide bonds. The standard InChI is InChI=1S/C24H26N2O4/c1-5-12-30-23(28)25-18-9-6-16(7-10-18)22(27)14-21-20-13-19(29-4)11-8-17(20)15-24(2,3)26-21/h5-11,13H,1,12,14-15H2,2-4H3,(H,25,28). The minimum Gasteiger partial charge on any atom is -0.497 e. The maximum absolute atomic E-state index is 12.9. The van der Waals surface area contributed by atoms with Crippen LogP contribution in [-0.2, 0) is 11.2 Å². The van der Waals surface area contributed by atoms with E-state index in [9.17, 15) is 9.59 Å². The number of anilines is 1. The Hall–Kier alpha value is -3.41. The van der Waals surface area contributed by atoms with E-state index in [0.29, 0.717) is 11.3 Å². The highest BCUT2D eigenvalue weighted by Gasteiger charge is 2.28. The van der Waals surface area contributed by atoms with Crippen molar-refractivity contribution in [3.63, 3.8) is 0 Å². The molecule has 1 aliphatic rings. The summed E-state index contributed by atoms with van der Waals surface area (Å²) >= 11 is 0. The molecule has 1 heterocycles. The molecule has 6 nitrogen and oxygen atoms in total. The first kappa shape index (κ1) is 21.3. The Morgan fingerprint density at radius 2 is 1.93 bits per heavy atom. The van der Waals surface area contributed by atoms with Crippen molar-refractivity contribution >= 4 is 23.3 Å². The summed E-state index contributed by atoms with van der Waals surface area (Å²) in [6, 6.07) is 12.6.